The summed E-state index contributed by atoms with van der Waals surface area (Å²) in [6, 6.07) is 4.59. The summed E-state index contributed by atoms with van der Waals surface area (Å²) >= 11 is 0. The predicted octanol–water partition coefficient (Wildman–Crippen LogP) is 3.23. The van der Waals surface area contributed by atoms with E-state index in [0.29, 0.717) is 18.5 Å². The molecule has 2 rings (SSSR count). The molecule has 0 aromatic carbocycles. The summed E-state index contributed by atoms with van der Waals surface area (Å²) in [5, 5.41) is 3.37. The van der Waals surface area contributed by atoms with Gasteiger partial charge in [0.25, 0.3) is 5.56 Å². The first kappa shape index (κ1) is 15.3. The molecule has 0 bridgehead atoms. The van der Waals surface area contributed by atoms with E-state index >= 15 is 0 Å². The highest BCUT2D eigenvalue weighted by Gasteiger charge is 2.30. The van der Waals surface area contributed by atoms with E-state index < -0.39 is 0 Å². The molecule has 0 spiro atoms. The zero-order chi connectivity index (χ0) is 14.9. The largest absolute Gasteiger partial charge is 0.312 e. The fourth-order valence-corrected chi connectivity index (χ4v) is 2.53. The molecular weight excluding hydrogens is 248 g/mol. The monoisotopic (exact) mass is 276 g/mol. The van der Waals surface area contributed by atoms with Gasteiger partial charge in [0, 0.05) is 29.3 Å². The molecule has 0 unspecified atom stereocenters. The summed E-state index contributed by atoms with van der Waals surface area (Å²) in [4.78, 5) is 12.7. The fourth-order valence-electron chi connectivity index (χ4n) is 2.53. The topological polar surface area (TPSA) is 34.0 Å². The predicted molar refractivity (Wildman–Crippen MR) is 84.2 cm³/mol. The SMILES string of the molecule is CC(C)CNCc1ccc(C(C)(C)C)n(C2CC2)c1=O. The number of rotatable bonds is 5. The third-order valence-electron chi connectivity index (χ3n) is 3.74. The minimum Gasteiger partial charge on any atom is -0.312 e. The van der Waals surface area contributed by atoms with Gasteiger partial charge in [-0.05, 0) is 31.4 Å². The molecule has 1 aliphatic rings. The minimum atomic E-state index is 0.0195. The number of aromatic nitrogens is 1. The highest BCUT2D eigenvalue weighted by atomic mass is 16.1. The van der Waals surface area contributed by atoms with E-state index in [1.807, 2.05) is 10.6 Å². The molecule has 1 N–H and O–H groups in total. The Bertz CT molecular complexity index is 519. The normalized spacial score (nSPS) is 15.9. The summed E-state index contributed by atoms with van der Waals surface area (Å²) in [5.41, 5.74) is 2.28. The van der Waals surface area contributed by atoms with Gasteiger partial charge in [-0.1, -0.05) is 40.7 Å². The molecule has 0 saturated heterocycles. The smallest absolute Gasteiger partial charge is 0.255 e. The van der Waals surface area contributed by atoms with E-state index in [2.05, 4.69) is 46.0 Å². The van der Waals surface area contributed by atoms with E-state index in [-0.39, 0.29) is 11.0 Å². The maximum absolute atomic E-state index is 12.7. The van der Waals surface area contributed by atoms with Crippen molar-refractivity contribution in [2.45, 2.75) is 65.5 Å². The maximum atomic E-state index is 12.7. The molecule has 1 aromatic rings. The van der Waals surface area contributed by atoms with Crippen LogP contribution in [0.5, 0.6) is 0 Å². The number of nitrogens with zero attached hydrogens (tertiary/aromatic N) is 1. The lowest BCUT2D eigenvalue weighted by Gasteiger charge is -2.25. The van der Waals surface area contributed by atoms with Crippen LogP contribution in [-0.2, 0) is 12.0 Å². The van der Waals surface area contributed by atoms with Crippen LogP contribution in [-0.4, -0.2) is 11.1 Å². The Morgan fingerprint density at radius 3 is 2.45 bits per heavy atom. The lowest BCUT2D eigenvalue weighted by molar-refractivity contribution is 0.498. The van der Waals surface area contributed by atoms with Crippen molar-refractivity contribution in [3.8, 4) is 0 Å². The first-order chi connectivity index (χ1) is 9.30. The van der Waals surface area contributed by atoms with Crippen molar-refractivity contribution < 1.29 is 0 Å². The first-order valence-electron chi connectivity index (χ1n) is 7.76. The van der Waals surface area contributed by atoms with Gasteiger partial charge in [-0.2, -0.15) is 0 Å². The zero-order valence-corrected chi connectivity index (χ0v) is 13.5. The molecule has 1 aliphatic carbocycles. The van der Waals surface area contributed by atoms with E-state index in [9.17, 15) is 4.79 Å². The number of hydrogen-bond acceptors (Lipinski definition) is 2. The summed E-state index contributed by atoms with van der Waals surface area (Å²) in [6.07, 6.45) is 2.29. The van der Waals surface area contributed by atoms with Gasteiger partial charge < -0.3 is 9.88 Å². The molecule has 3 heteroatoms. The minimum absolute atomic E-state index is 0.0195. The Labute approximate surface area is 122 Å². The highest BCUT2D eigenvalue weighted by Crippen LogP contribution is 2.37. The van der Waals surface area contributed by atoms with Crippen LogP contribution < -0.4 is 10.9 Å². The summed E-state index contributed by atoms with van der Waals surface area (Å²) in [5.74, 6) is 0.606. The van der Waals surface area contributed by atoms with Crippen LogP contribution in [0, 0.1) is 5.92 Å². The van der Waals surface area contributed by atoms with Gasteiger partial charge in [-0.3, -0.25) is 4.79 Å². The summed E-state index contributed by atoms with van der Waals surface area (Å²) in [6.45, 7) is 12.5. The molecule has 3 nitrogen and oxygen atoms in total. The molecule has 0 radical (unpaired) electrons. The average Bonchev–Trinajstić information content (AvgIpc) is 3.13. The first-order valence-corrected chi connectivity index (χ1v) is 7.76. The summed E-state index contributed by atoms with van der Waals surface area (Å²) in [7, 11) is 0. The van der Waals surface area contributed by atoms with Crippen molar-refractivity contribution in [3.63, 3.8) is 0 Å². The molecule has 1 fully saturated rings. The van der Waals surface area contributed by atoms with E-state index in [1.54, 1.807) is 0 Å². The number of pyridine rings is 1. The third-order valence-corrected chi connectivity index (χ3v) is 3.74. The Kier molecular flexibility index (Phi) is 4.38. The second-order valence-corrected chi connectivity index (χ2v) is 7.42. The molecular formula is C17H28N2O. The van der Waals surface area contributed by atoms with E-state index in [1.165, 1.54) is 0 Å². The van der Waals surface area contributed by atoms with Crippen LogP contribution in [0.2, 0.25) is 0 Å². The van der Waals surface area contributed by atoms with Crippen LogP contribution in [0.4, 0.5) is 0 Å². The lowest BCUT2D eigenvalue weighted by atomic mass is 9.90. The van der Waals surface area contributed by atoms with Gasteiger partial charge in [-0.25, -0.2) is 0 Å². The molecule has 1 saturated carbocycles. The molecule has 112 valence electrons. The van der Waals surface area contributed by atoms with Crippen LogP contribution in [0.15, 0.2) is 16.9 Å². The fraction of sp³-hybridized carbons (Fsp3) is 0.706. The molecule has 20 heavy (non-hydrogen) atoms. The van der Waals surface area contributed by atoms with E-state index in [4.69, 9.17) is 0 Å². The van der Waals surface area contributed by atoms with Crippen LogP contribution in [0.3, 0.4) is 0 Å². The highest BCUT2D eigenvalue weighted by molar-refractivity contribution is 5.23. The number of hydrogen-bond donors (Lipinski definition) is 1. The third kappa shape index (κ3) is 3.51. The van der Waals surface area contributed by atoms with Crippen molar-refractivity contribution >= 4 is 0 Å². The van der Waals surface area contributed by atoms with Gasteiger partial charge in [0.15, 0.2) is 0 Å². The van der Waals surface area contributed by atoms with Crippen molar-refractivity contribution in [1.29, 1.82) is 0 Å². The van der Waals surface area contributed by atoms with Gasteiger partial charge in [0.05, 0.1) is 0 Å². The lowest BCUT2D eigenvalue weighted by Crippen LogP contribution is -2.33. The van der Waals surface area contributed by atoms with Crippen LogP contribution in [0.1, 0.15) is 64.8 Å². The second-order valence-electron chi connectivity index (χ2n) is 7.42. The quantitative estimate of drug-likeness (QED) is 0.896. The van der Waals surface area contributed by atoms with Gasteiger partial charge in [-0.15, -0.1) is 0 Å². The summed E-state index contributed by atoms with van der Waals surface area (Å²) < 4.78 is 2.05. The van der Waals surface area contributed by atoms with E-state index in [0.717, 1.165) is 30.6 Å². The molecule has 0 amide bonds. The van der Waals surface area contributed by atoms with Crippen LogP contribution >= 0.6 is 0 Å². The Hall–Kier alpha value is -1.09. The van der Waals surface area contributed by atoms with Crippen LogP contribution in [0.25, 0.3) is 0 Å². The van der Waals surface area contributed by atoms with Crippen molar-refractivity contribution in [3.05, 3.63) is 33.7 Å². The molecule has 0 aliphatic heterocycles. The second kappa shape index (κ2) is 5.72. The Morgan fingerprint density at radius 1 is 1.30 bits per heavy atom. The molecule has 1 aromatic heterocycles. The maximum Gasteiger partial charge on any atom is 0.255 e. The molecule has 1 heterocycles. The molecule has 0 atom stereocenters. The Morgan fingerprint density at radius 2 is 1.95 bits per heavy atom. The van der Waals surface area contributed by atoms with Crippen molar-refractivity contribution in [1.82, 2.24) is 9.88 Å². The number of nitrogens with one attached hydrogen (secondary N) is 1. The van der Waals surface area contributed by atoms with Gasteiger partial charge >= 0.3 is 0 Å². The standard InChI is InChI=1S/C17H28N2O/c1-12(2)10-18-11-13-6-9-15(17(3,4)5)19(16(13)20)14-7-8-14/h6,9,12,14,18H,7-8,10-11H2,1-5H3. The van der Waals surface area contributed by atoms with Gasteiger partial charge in [0.2, 0.25) is 0 Å². The van der Waals surface area contributed by atoms with Crippen molar-refractivity contribution in [2.75, 3.05) is 6.54 Å². The Balaban J connectivity index is 2.28. The zero-order valence-electron chi connectivity index (χ0n) is 13.5. The average molecular weight is 276 g/mol. The van der Waals surface area contributed by atoms with Crippen molar-refractivity contribution in [2.24, 2.45) is 5.92 Å². The van der Waals surface area contributed by atoms with Gasteiger partial charge in [0.1, 0.15) is 0 Å².